The zero-order valence-electron chi connectivity index (χ0n) is 15.7. The smallest absolute Gasteiger partial charge is 0.253 e. The van der Waals surface area contributed by atoms with E-state index in [2.05, 4.69) is 4.72 Å². The highest BCUT2D eigenvalue weighted by atomic mass is 32.2. The molecule has 0 aromatic heterocycles. The molecule has 0 spiro atoms. The number of para-hydroxylation sites is 1. The van der Waals surface area contributed by atoms with E-state index < -0.39 is 10.0 Å². The van der Waals surface area contributed by atoms with Gasteiger partial charge >= 0.3 is 0 Å². The normalized spacial score (nSPS) is 11.3. The Kier molecular flexibility index (Phi) is 6.05. The lowest BCUT2D eigenvalue weighted by atomic mass is 10.1. The van der Waals surface area contributed by atoms with Crippen LogP contribution in [0.25, 0.3) is 0 Å². The largest absolute Gasteiger partial charge is 0.496 e. The summed E-state index contributed by atoms with van der Waals surface area (Å²) in [4.78, 5) is 14.5. The Morgan fingerprint density at radius 3 is 2.46 bits per heavy atom. The van der Waals surface area contributed by atoms with Gasteiger partial charge in [0.15, 0.2) is 0 Å². The Labute approximate surface area is 154 Å². The van der Waals surface area contributed by atoms with Gasteiger partial charge in [-0.1, -0.05) is 18.2 Å². The fourth-order valence-corrected chi connectivity index (χ4v) is 3.79. The standard InChI is InChI=1S/C19H24N2O4S/c1-13-10-16(11-18(14(13)2)26(23,24)20-3)19(22)21(4)12-15-8-6-7-9-17(15)25-5/h6-11,20H,12H2,1-5H3. The van der Waals surface area contributed by atoms with Gasteiger partial charge < -0.3 is 9.64 Å². The molecule has 0 radical (unpaired) electrons. The average Bonchev–Trinajstić information content (AvgIpc) is 2.63. The van der Waals surface area contributed by atoms with Gasteiger partial charge in [-0.2, -0.15) is 0 Å². The van der Waals surface area contributed by atoms with E-state index in [1.165, 1.54) is 18.0 Å². The summed E-state index contributed by atoms with van der Waals surface area (Å²) in [5.41, 5.74) is 2.58. The van der Waals surface area contributed by atoms with Crippen molar-refractivity contribution in [1.29, 1.82) is 0 Å². The number of carbonyl (C=O) groups is 1. The molecule has 0 saturated carbocycles. The Morgan fingerprint density at radius 1 is 1.19 bits per heavy atom. The fraction of sp³-hybridized carbons (Fsp3) is 0.316. The van der Waals surface area contributed by atoms with Crippen LogP contribution in [0.15, 0.2) is 41.3 Å². The van der Waals surface area contributed by atoms with Crippen molar-refractivity contribution in [2.24, 2.45) is 0 Å². The first-order chi connectivity index (χ1) is 12.2. The average molecular weight is 376 g/mol. The van der Waals surface area contributed by atoms with Crippen LogP contribution in [0.3, 0.4) is 0 Å². The molecular weight excluding hydrogens is 352 g/mol. The van der Waals surface area contributed by atoms with Crippen molar-refractivity contribution in [3.63, 3.8) is 0 Å². The van der Waals surface area contributed by atoms with Gasteiger partial charge in [0.2, 0.25) is 10.0 Å². The highest BCUT2D eigenvalue weighted by Gasteiger charge is 2.21. The van der Waals surface area contributed by atoms with Gasteiger partial charge in [-0.25, -0.2) is 13.1 Å². The molecule has 0 aliphatic heterocycles. The van der Waals surface area contributed by atoms with Crippen LogP contribution in [0.5, 0.6) is 5.75 Å². The lowest BCUT2D eigenvalue weighted by Gasteiger charge is -2.20. The number of amides is 1. The van der Waals surface area contributed by atoms with Crippen LogP contribution in [0.2, 0.25) is 0 Å². The van der Waals surface area contributed by atoms with Gasteiger partial charge in [0.05, 0.1) is 12.0 Å². The minimum absolute atomic E-state index is 0.119. The minimum atomic E-state index is -3.64. The molecule has 2 aromatic rings. The molecule has 0 saturated heterocycles. The summed E-state index contributed by atoms with van der Waals surface area (Å²) in [6.45, 7) is 3.87. The van der Waals surface area contributed by atoms with E-state index in [1.807, 2.05) is 24.3 Å². The van der Waals surface area contributed by atoms with E-state index in [4.69, 9.17) is 4.74 Å². The zero-order valence-corrected chi connectivity index (χ0v) is 16.5. The zero-order chi connectivity index (χ0) is 19.5. The number of benzene rings is 2. The van der Waals surface area contributed by atoms with Crippen molar-refractivity contribution in [3.8, 4) is 5.75 Å². The second-order valence-corrected chi connectivity index (χ2v) is 7.95. The van der Waals surface area contributed by atoms with Crippen LogP contribution in [0.4, 0.5) is 0 Å². The Morgan fingerprint density at radius 2 is 1.85 bits per heavy atom. The predicted octanol–water partition coefficient (Wildman–Crippen LogP) is 2.49. The molecule has 140 valence electrons. The first kappa shape index (κ1) is 19.9. The third kappa shape index (κ3) is 4.05. The molecule has 7 heteroatoms. The van der Waals surface area contributed by atoms with Gasteiger partial charge in [0.25, 0.3) is 5.91 Å². The van der Waals surface area contributed by atoms with Crippen molar-refractivity contribution in [2.45, 2.75) is 25.3 Å². The highest BCUT2D eigenvalue weighted by molar-refractivity contribution is 7.89. The fourth-order valence-electron chi connectivity index (χ4n) is 2.72. The van der Waals surface area contributed by atoms with Gasteiger partial charge in [-0.3, -0.25) is 4.79 Å². The minimum Gasteiger partial charge on any atom is -0.496 e. The van der Waals surface area contributed by atoms with Gasteiger partial charge in [-0.05, 0) is 50.2 Å². The number of sulfonamides is 1. The number of rotatable bonds is 6. The number of hydrogen-bond donors (Lipinski definition) is 1. The van der Waals surface area contributed by atoms with Crippen molar-refractivity contribution in [3.05, 3.63) is 58.7 Å². The summed E-state index contributed by atoms with van der Waals surface area (Å²) in [5, 5.41) is 0. The van der Waals surface area contributed by atoms with E-state index in [0.717, 1.165) is 11.1 Å². The Hall–Kier alpha value is -2.38. The second kappa shape index (κ2) is 7.88. The molecule has 1 amide bonds. The molecule has 0 heterocycles. The topological polar surface area (TPSA) is 75.7 Å². The molecule has 0 aliphatic rings. The molecule has 1 N–H and O–H groups in total. The first-order valence-corrected chi connectivity index (χ1v) is 9.61. The molecule has 0 aliphatic carbocycles. The van der Waals surface area contributed by atoms with Crippen LogP contribution >= 0.6 is 0 Å². The quantitative estimate of drug-likeness (QED) is 0.840. The summed E-state index contributed by atoms with van der Waals surface area (Å²) < 4.78 is 32.1. The van der Waals surface area contributed by atoms with Crippen LogP contribution in [0, 0.1) is 13.8 Å². The van der Waals surface area contributed by atoms with Crippen molar-refractivity contribution >= 4 is 15.9 Å². The number of methoxy groups -OCH3 is 1. The molecule has 2 aromatic carbocycles. The predicted molar refractivity (Wildman–Crippen MR) is 101 cm³/mol. The van der Waals surface area contributed by atoms with Gasteiger partial charge in [0, 0.05) is 24.7 Å². The van der Waals surface area contributed by atoms with Crippen LogP contribution in [-0.4, -0.2) is 40.4 Å². The third-order valence-corrected chi connectivity index (χ3v) is 5.91. The molecule has 6 nitrogen and oxygen atoms in total. The molecular formula is C19H24N2O4S. The number of nitrogens with one attached hydrogen (secondary N) is 1. The van der Waals surface area contributed by atoms with Crippen molar-refractivity contribution < 1.29 is 17.9 Å². The lowest BCUT2D eigenvalue weighted by Crippen LogP contribution is -2.27. The molecule has 0 unspecified atom stereocenters. The third-order valence-electron chi connectivity index (χ3n) is 4.37. The van der Waals surface area contributed by atoms with E-state index in [0.29, 0.717) is 23.4 Å². The van der Waals surface area contributed by atoms with E-state index in [9.17, 15) is 13.2 Å². The number of hydrogen-bond acceptors (Lipinski definition) is 4. The van der Waals surface area contributed by atoms with Crippen molar-refractivity contribution in [1.82, 2.24) is 9.62 Å². The summed E-state index contributed by atoms with van der Waals surface area (Å²) >= 11 is 0. The second-order valence-electron chi connectivity index (χ2n) is 6.10. The van der Waals surface area contributed by atoms with Crippen LogP contribution < -0.4 is 9.46 Å². The van der Waals surface area contributed by atoms with Crippen LogP contribution in [0.1, 0.15) is 27.0 Å². The maximum absolute atomic E-state index is 12.8. The maximum Gasteiger partial charge on any atom is 0.253 e. The number of aryl methyl sites for hydroxylation is 1. The van der Waals surface area contributed by atoms with Crippen molar-refractivity contribution in [2.75, 3.05) is 21.2 Å². The van der Waals surface area contributed by atoms with Gasteiger partial charge in [0.1, 0.15) is 5.75 Å². The molecule has 0 fully saturated rings. The maximum atomic E-state index is 12.8. The molecule has 2 rings (SSSR count). The molecule has 0 atom stereocenters. The van der Waals surface area contributed by atoms with E-state index >= 15 is 0 Å². The lowest BCUT2D eigenvalue weighted by molar-refractivity contribution is 0.0784. The Balaban J connectivity index is 2.37. The van der Waals surface area contributed by atoms with Gasteiger partial charge in [-0.15, -0.1) is 0 Å². The number of nitrogens with zero attached hydrogens (tertiary/aromatic N) is 1. The summed E-state index contributed by atoms with van der Waals surface area (Å²) in [5.74, 6) is 0.442. The van der Waals surface area contributed by atoms with Crippen LogP contribution in [-0.2, 0) is 16.6 Å². The summed E-state index contributed by atoms with van der Waals surface area (Å²) in [6.07, 6.45) is 0. The van der Waals surface area contributed by atoms with E-state index in [1.54, 1.807) is 34.1 Å². The first-order valence-electron chi connectivity index (χ1n) is 8.13. The SMILES string of the molecule is CNS(=O)(=O)c1cc(C(=O)N(C)Cc2ccccc2OC)cc(C)c1C. The Bertz CT molecular complexity index is 923. The summed E-state index contributed by atoms with van der Waals surface area (Å²) in [6, 6.07) is 10.6. The molecule has 0 bridgehead atoms. The highest BCUT2D eigenvalue weighted by Crippen LogP contribution is 2.23. The number of carbonyl (C=O) groups excluding carboxylic acids is 1. The summed E-state index contributed by atoms with van der Waals surface area (Å²) in [7, 11) is 0.969. The molecule has 26 heavy (non-hydrogen) atoms. The van der Waals surface area contributed by atoms with E-state index in [-0.39, 0.29) is 10.8 Å². The monoisotopic (exact) mass is 376 g/mol. The number of ether oxygens (including phenoxy) is 1.